The van der Waals surface area contributed by atoms with Gasteiger partial charge < -0.3 is 9.47 Å². The molecule has 0 aliphatic carbocycles. The molecule has 2 saturated heterocycles. The molecule has 16 heavy (non-hydrogen) atoms. The first-order chi connectivity index (χ1) is 7.70. The lowest BCUT2D eigenvalue weighted by Crippen LogP contribution is -2.33. The van der Waals surface area contributed by atoms with Crippen molar-refractivity contribution in [2.24, 2.45) is 0 Å². The van der Waals surface area contributed by atoms with Crippen LogP contribution in [0.25, 0.3) is 0 Å². The second-order valence-electron chi connectivity index (χ2n) is 4.06. The number of hydrogen-bond donors (Lipinski definition) is 1. The molecule has 2 fully saturated rings. The smallest absolute Gasteiger partial charge is 0.330 e. The van der Waals surface area contributed by atoms with E-state index in [0.717, 1.165) is 6.42 Å². The molecule has 0 radical (unpaired) electrons. The van der Waals surface area contributed by atoms with E-state index in [1.54, 1.807) is 0 Å². The van der Waals surface area contributed by atoms with Crippen molar-refractivity contribution < 1.29 is 9.47 Å². The Kier molecular flexibility index (Phi) is 2.02. The van der Waals surface area contributed by atoms with Gasteiger partial charge >= 0.3 is 5.69 Å². The predicted molar refractivity (Wildman–Crippen MR) is 54.2 cm³/mol. The molecule has 0 aromatic carbocycles. The zero-order valence-electron chi connectivity index (χ0n) is 8.75. The Morgan fingerprint density at radius 2 is 2.19 bits per heavy atom. The number of epoxide rings is 1. The van der Waals surface area contributed by atoms with Gasteiger partial charge in [-0.3, -0.25) is 14.3 Å². The van der Waals surface area contributed by atoms with E-state index in [1.165, 1.54) is 16.8 Å². The fourth-order valence-corrected chi connectivity index (χ4v) is 2.18. The van der Waals surface area contributed by atoms with Gasteiger partial charge in [-0.15, -0.1) is 0 Å². The summed E-state index contributed by atoms with van der Waals surface area (Å²) in [5, 5.41) is 0. The van der Waals surface area contributed by atoms with Crippen molar-refractivity contribution in [3.8, 4) is 0 Å². The molecular formula is C10H12N2O4. The Bertz CT molecular complexity index is 520. The first-order valence-electron chi connectivity index (χ1n) is 5.33. The van der Waals surface area contributed by atoms with Crippen molar-refractivity contribution in [3.05, 3.63) is 33.1 Å². The van der Waals surface area contributed by atoms with Crippen molar-refractivity contribution >= 4 is 0 Å². The first kappa shape index (κ1) is 9.80. The number of nitrogens with zero attached hydrogens (tertiary/aromatic N) is 1. The number of aromatic nitrogens is 2. The van der Waals surface area contributed by atoms with Gasteiger partial charge in [0.2, 0.25) is 0 Å². The molecule has 0 bridgehead atoms. The molecule has 0 amide bonds. The fraction of sp³-hybridized carbons (Fsp3) is 0.600. The third-order valence-corrected chi connectivity index (χ3v) is 3.05. The van der Waals surface area contributed by atoms with E-state index in [-0.39, 0.29) is 18.3 Å². The lowest BCUT2D eigenvalue weighted by Gasteiger charge is -2.17. The Morgan fingerprint density at radius 3 is 2.81 bits per heavy atom. The molecule has 4 unspecified atom stereocenters. The van der Waals surface area contributed by atoms with Gasteiger partial charge in [0, 0.05) is 12.3 Å². The maximum atomic E-state index is 11.6. The Labute approximate surface area is 90.8 Å². The highest BCUT2D eigenvalue weighted by molar-refractivity contribution is 5.02. The summed E-state index contributed by atoms with van der Waals surface area (Å²) in [5.41, 5.74) is -0.858. The van der Waals surface area contributed by atoms with Crippen LogP contribution in [0.3, 0.4) is 0 Å². The predicted octanol–water partition coefficient (Wildman–Crippen LogP) is -0.389. The highest BCUT2D eigenvalue weighted by Crippen LogP contribution is 2.45. The summed E-state index contributed by atoms with van der Waals surface area (Å²) in [5.74, 6) is 0. The van der Waals surface area contributed by atoms with Crippen molar-refractivity contribution in [3.63, 3.8) is 0 Å². The fourth-order valence-electron chi connectivity index (χ4n) is 2.18. The van der Waals surface area contributed by atoms with Crippen LogP contribution < -0.4 is 11.2 Å². The molecule has 0 spiro atoms. The maximum Gasteiger partial charge on any atom is 0.330 e. The number of rotatable bonds is 2. The van der Waals surface area contributed by atoms with Crippen LogP contribution in [0.4, 0.5) is 0 Å². The third-order valence-electron chi connectivity index (χ3n) is 3.05. The number of nitrogens with one attached hydrogen (secondary N) is 1. The molecule has 6 nitrogen and oxygen atoms in total. The molecular weight excluding hydrogens is 212 g/mol. The lowest BCUT2D eigenvalue weighted by molar-refractivity contribution is -0.0695. The van der Waals surface area contributed by atoms with E-state index in [4.69, 9.17) is 9.47 Å². The average molecular weight is 224 g/mol. The van der Waals surface area contributed by atoms with Gasteiger partial charge in [0.05, 0.1) is 6.10 Å². The number of ether oxygens (including phenoxy) is 2. The highest BCUT2D eigenvalue weighted by Gasteiger charge is 2.58. The molecule has 6 heteroatoms. The lowest BCUT2D eigenvalue weighted by atomic mass is 10.2. The summed E-state index contributed by atoms with van der Waals surface area (Å²) in [6.07, 6.45) is 2.01. The molecule has 1 aromatic heterocycles. The standard InChI is InChI=1S/C10H12N2O4/c1-2-5-7-8(16-7)9(15-5)12-4-3-6(13)11-10(12)14/h3-5,7-9H,2H2,1H3,(H,11,13,14). The van der Waals surface area contributed by atoms with Crippen LogP contribution in [0, 0.1) is 0 Å². The van der Waals surface area contributed by atoms with Crippen molar-refractivity contribution in [1.29, 1.82) is 0 Å². The maximum absolute atomic E-state index is 11.6. The average Bonchev–Trinajstić information content (AvgIpc) is 2.96. The van der Waals surface area contributed by atoms with E-state index in [2.05, 4.69) is 4.98 Å². The van der Waals surface area contributed by atoms with Gasteiger partial charge in [-0.1, -0.05) is 6.92 Å². The summed E-state index contributed by atoms with van der Waals surface area (Å²) >= 11 is 0. The number of hydrogen-bond acceptors (Lipinski definition) is 4. The van der Waals surface area contributed by atoms with Crippen LogP contribution in [0.1, 0.15) is 19.6 Å². The zero-order valence-corrected chi connectivity index (χ0v) is 8.75. The molecule has 2 aliphatic rings. The minimum atomic E-state index is -0.455. The number of fused-ring (bicyclic) bond motifs is 1. The van der Waals surface area contributed by atoms with Crippen LogP contribution in [0.2, 0.25) is 0 Å². The van der Waals surface area contributed by atoms with Gasteiger partial charge in [-0.25, -0.2) is 4.79 Å². The molecule has 2 aliphatic heterocycles. The molecule has 1 aromatic rings. The minimum Gasteiger partial charge on any atom is -0.362 e. The normalized spacial score (nSPS) is 36.1. The van der Waals surface area contributed by atoms with Crippen LogP contribution in [-0.2, 0) is 9.47 Å². The third kappa shape index (κ3) is 1.34. The van der Waals surface area contributed by atoms with Crippen LogP contribution in [0.15, 0.2) is 21.9 Å². The molecule has 1 N–H and O–H groups in total. The minimum absolute atomic E-state index is 0.0476. The monoisotopic (exact) mass is 224 g/mol. The van der Waals surface area contributed by atoms with Gasteiger partial charge in [-0.05, 0) is 6.42 Å². The van der Waals surface area contributed by atoms with Crippen molar-refractivity contribution in [2.45, 2.75) is 37.9 Å². The quantitative estimate of drug-likeness (QED) is 0.694. The molecule has 3 rings (SSSR count). The first-order valence-corrected chi connectivity index (χ1v) is 5.33. The van der Waals surface area contributed by atoms with E-state index in [0.29, 0.717) is 0 Å². The van der Waals surface area contributed by atoms with Gasteiger partial charge in [-0.2, -0.15) is 0 Å². The van der Waals surface area contributed by atoms with Crippen LogP contribution in [0.5, 0.6) is 0 Å². The Morgan fingerprint density at radius 1 is 1.38 bits per heavy atom. The topological polar surface area (TPSA) is 76.6 Å². The Hall–Kier alpha value is -1.40. The molecule has 3 heterocycles. The second-order valence-corrected chi connectivity index (χ2v) is 4.06. The molecule has 0 saturated carbocycles. The zero-order chi connectivity index (χ0) is 11.3. The summed E-state index contributed by atoms with van der Waals surface area (Å²) < 4.78 is 12.5. The van der Waals surface area contributed by atoms with Gasteiger partial charge in [0.1, 0.15) is 12.2 Å². The van der Waals surface area contributed by atoms with Crippen LogP contribution >= 0.6 is 0 Å². The summed E-state index contributed by atoms with van der Waals surface area (Å²) in [4.78, 5) is 24.7. The van der Waals surface area contributed by atoms with E-state index in [1.807, 2.05) is 6.92 Å². The van der Waals surface area contributed by atoms with Gasteiger partial charge in [0.15, 0.2) is 6.23 Å². The number of H-pyrrole nitrogens is 1. The van der Waals surface area contributed by atoms with Gasteiger partial charge in [0.25, 0.3) is 5.56 Å². The van der Waals surface area contributed by atoms with Crippen molar-refractivity contribution in [1.82, 2.24) is 9.55 Å². The number of aromatic amines is 1. The van der Waals surface area contributed by atoms with E-state index in [9.17, 15) is 9.59 Å². The van der Waals surface area contributed by atoms with Crippen molar-refractivity contribution in [2.75, 3.05) is 0 Å². The van der Waals surface area contributed by atoms with Crippen LogP contribution in [-0.4, -0.2) is 27.9 Å². The SMILES string of the molecule is CCC1OC(n2ccc(=O)[nH]c2=O)C2OC12. The summed E-state index contributed by atoms with van der Waals surface area (Å²) in [6.45, 7) is 2.02. The van der Waals surface area contributed by atoms with E-state index >= 15 is 0 Å². The molecule has 4 atom stereocenters. The highest BCUT2D eigenvalue weighted by atomic mass is 16.7. The summed E-state index contributed by atoms with van der Waals surface area (Å²) in [7, 11) is 0. The largest absolute Gasteiger partial charge is 0.362 e. The van der Waals surface area contributed by atoms with E-state index < -0.39 is 17.5 Å². The molecule has 86 valence electrons. The Balaban J connectivity index is 1.94. The summed E-state index contributed by atoms with van der Waals surface area (Å²) in [6, 6.07) is 1.31. The second kappa shape index (κ2) is 3.29.